The average molecular weight is 247 g/mol. The van der Waals surface area contributed by atoms with Gasteiger partial charge in [0.05, 0.1) is 24.3 Å². The van der Waals surface area contributed by atoms with Crippen LogP contribution in [0.5, 0.6) is 0 Å². The quantitative estimate of drug-likeness (QED) is 0.847. The maximum absolute atomic E-state index is 4.58. The molecule has 0 spiro atoms. The van der Waals surface area contributed by atoms with E-state index in [1.54, 1.807) is 0 Å². The van der Waals surface area contributed by atoms with Crippen molar-refractivity contribution in [1.29, 1.82) is 0 Å². The van der Waals surface area contributed by atoms with Crippen molar-refractivity contribution in [2.75, 3.05) is 7.05 Å². The molecule has 18 heavy (non-hydrogen) atoms. The zero-order valence-electron chi connectivity index (χ0n) is 11.3. The first-order valence-corrected chi connectivity index (χ1v) is 6.42. The van der Waals surface area contributed by atoms with E-state index < -0.39 is 0 Å². The van der Waals surface area contributed by atoms with Gasteiger partial charge in [-0.1, -0.05) is 6.92 Å². The number of aromatic nitrogens is 4. The summed E-state index contributed by atoms with van der Waals surface area (Å²) in [6.07, 6.45) is 7.06. The Balaban J connectivity index is 2.01. The Morgan fingerprint density at radius 1 is 1.39 bits per heavy atom. The summed E-state index contributed by atoms with van der Waals surface area (Å²) in [4.78, 5) is 4.33. The molecule has 0 saturated carbocycles. The molecule has 0 aliphatic heterocycles. The lowest BCUT2D eigenvalue weighted by atomic mass is 10.3. The highest BCUT2D eigenvalue weighted by molar-refractivity contribution is 5.03. The molecule has 2 aromatic heterocycles. The molecule has 1 atom stereocenters. The molecule has 0 aliphatic rings. The first kappa shape index (κ1) is 12.8. The second kappa shape index (κ2) is 5.82. The lowest BCUT2D eigenvalue weighted by molar-refractivity contribution is 0.472. The van der Waals surface area contributed by atoms with Gasteiger partial charge in [0, 0.05) is 25.0 Å². The van der Waals surface area contributed by atoms with Crippen LogP contribution in [0, 0.1) is 0 Å². The molecule has 98 valence electrons. The van der Waals surface area contributed by atoms with Crippen LogP contribution in [0.15, 0.2) is 24.8 Å². The molecule has 5 nitrogen and oxygen atoms in total. The molecule has 2 aromatic rings. The zero-order valence-corrected chi connectivity index (χ0v) is 11.3. The smallest absolute Gasteiger partial charge is 0.0953 e. The van der Waals surface area contributed by atoms with Crippen molar-refractivity contribution >= 4 is 0 Å². The van der Waals surface area contributed by atoms with Crippen molar-refractivity contribution in [3.8, 4) is 0 Å². The molecular formula is C13H21N5. The lowest BCUT2D eigenvalue weighted by Gasteiger charge is -2.08. The summed E-state index contributed by atoms with van der Waals surface area (Å²) in [6.45, 7) is 5.93. The summed E-state index contributed by atoms with van der Waals surface area (Å²) in [5.74, 6) is 0. The fourth-order valence-corrected chi connectivity index (χ4v) is 1.85. The predicted octanol–water partition coefficient (Wildman–Crippen LogP) is 1.82. The highest BCUT2D eigenvalue weighted by atomic mass is 15.3. The molecule has 0 fully saturated rings. The van der Waals surface area contributed by atoms with Crippen LogP contribution in [0.2, 0.25) is 0 Å². The average Bonchev–Trinajstić information content (AvgIpc) is 2.99. The second-order valence-corrected chi connectivity index (χ2v) is 4.61. The SMILES string of the molecule is CCC(C)n1ccc(Cn2cnc(CNC)c2)n1. The topological polar surface area (TPSA) is 47.7 Å². The van der Waals surface area contributed by atoms with Gasteiger partial charge in [0.15, 0.2) is 0 Å². The first-order valence-electron chi connectivity index (χ1n) is 6.42. The fourth-order valence-electron chi connectivity index (χ4n) is 1.85. The van der Waals surface area contributed by atoms with Gasteiger partial charge in [-0.05, 0) is 26.5 Å². The Kier molecular flexibility index (Phi) is 4.15. The van der Waals surface area contributed by atoms with Gasteiger partial charge in [-0.15, -0.1) is 0 Å². The Morgan fingerprint density at radius 2 is 2.22 bits per heavy atom. The summed E-state index contributed by atoms with van der Waals surface area (Å²) < 4.78 is 4.09. The second-order valence-electron chi connectivity index (χ2n) is 4.61. The van der Waals surface area contributed by atoms with Crippen LogP contribution in [-0.4, -0.2) is 26.4 Å². The van der Waals surface area contributed by atoms with Crippen LogP contribution in [0.25, 0.3) is 0 Å². The molecule has 0 bridgehead atoms. The van der Waals surface area contributed by atoms with Gasteiger partial charge in [0.1, 0.15) is 0 Å². The number of nitrogens with one attached hydrogen (secondary N) is 1. The van der Waals surface area contributed by atoms with Gasteiger partial charge in [0.2, 0.25) is 0 Å². The lowest BCUT2D eigenvalue weighted by Crippen LogP contribution is -2.06. The van der Waals surface area contributed by atoms with Gasteiger partial charge < -0.3 is 9.88 Å². The maximum Gasteiger partial charge on any atom is 0.0953 e. The third-order valence-corrected chi connectivity index (χ3v) is 3.10. The van der Waals surface area contributed by atoms with Crippen LogP contribution >= 0.6 is 0 Å². The van der Waals surface area contributed by atoms with Gasteiger partial charge >= 0.3 is 0 Å². The Labute approximate surface area is 108 Å². The summed E-state index contributed by atoms with van der Waals surface area (Å²) in [7, 11) is 1.92. The maximum atomic E-state index is 4.58. The molecule has 0 aromatic carbocycles. The van der Waals surface area contributed by atoms with Gasteiger partial charge in [-0.3, -0.25) is 4.68 Å². The standard InChI is InChI=1S/C13H21N5/c1-4-11(2)18-6-5-12(16-18)8-17-9-13(7-14-3)15-10-17/h5-6,9-11,14H,4,7-8H2,1-3H3. The van der Waals surface area contributed by atoms with Crippen molar-refractivity contribution in [2.24, 2.45) is 0 Å². The largest absolute Gasteiger partial charge is 0.331 e. The van der Waals surface area contributed by atoms with Gasteiger partial charge in [-0.2, -0.15) is 5.10 Å². The number of hydrogen-bond acceptors (Lipinski definition) is 3. The Bertz CT molecular complexity index is 485. The summed E-state index contributed by atoms with van der Waals surface area (Å²) in [5.41, 5.74) is 2.13. The molecule has 0 radical (unpaired) electrons. The fraction of sp³-hybridized carbons (Fsp3) is 0.538. The van der Waals surface area contributed by atoms with E-state index in [0.717, 1.165) is 30.9 Å². The highest BCUT2D eigenvalue weighted by Gasteiger charge is 2.05. The molecule has 2 rings (SSSR count). The van der Waals surface area contributed by atoms with E-state index >= 15 is 0 Å². The van der Waals surface area contributed by atoms with E-state index in [2.05, 4.69) is 52.3 Å². The molecule has 0 aliphatic carbocycles. The third kappa shape index (κ3) is 2.98. The Hall–Kier alpha value is -1.62. The van der Waals surface area contributed by atoms with E-state index in [9.17, 15) is 0 Å². The molecule has 0 amide bonds. The number of imidazole rings is 1. The van der Waals surface area contributed by atoms with Gasteiger partial charge in [-0.25, -0.2) is 4.98 Å². The third-order valence-electron chi connectivity index (χ3n) is 3.10. The monoisotopic (exact) mass is 247 g/mol. The van der Waals surface area contributed by atoms with E-state index in [-0.39, 0.29) is 0 Å². The van der Waals surface area contributed by atoms with Crippen LogP contribution in [0.4, 0.5) is 0 Å². The van der Waals surface area contributed by atoms with E-state index in [1.165, 1.54) is 0 Å². The molecule has 0 saturated heterocycles. The van der Waals surface area contributed by atoms with Gasteiger partial charge in [0.25, 0.3) is 0 Å². The normalized spacial score (nSPS) is 12.8. The predicted molar refractivity (Wildman–Crippen MR) is 71.3 cm³/mol. The highest BCUT2D eigenvalue weighted by Crippen LogP contribution is 2.10. The van der Waals surface area contributed by atoms with E-state index in [1.807, 2.05) is 18.1 Å². The number of hydrogen-bond donors (Lipinski definition) is 1. The van der Waals surface area contributed by atoms with Crippen LogP contribution in [0.1, 0.15) is 37.7 Å². The minimum absolute atomic E-state index is 0.460. The number of rotatable bonds is 6. The summed E-state index contributed by atoms with van der Waals surface area (Å²) in [5, 5.41) is 7.68. The van der Waals surface area contributed by atoms with Crippen LogP contribution in [-0.2, 0) is 13.1 Å². The molecule has 1 unspecified atom stereocenters. The molecule has 2 heterocycles. The molecule has 1 N–H and O–H groups in total. The summed E-state index contributed by atoms with van der Waals surface area (Å²) in [6, 6.07) is 2.53. The number of nitrogens with zero attached hydrogens (tertiary/aromatic N) is 4. The van der Waals surface area contributed by atoms with Crippen molar-refractivity contribution in [3.05, 3.63) is 36.2 Å². The van der Waals surface area contributed by atoms with Crippen molar-refractivity contribution in [3.63, 3.8) is 0 Å². The van der Waals surface area contributed by atoms with Crippen LogP contribution in [0.3, 0.4) is 0 Å². The Morgan fingerprint density at radius 3 is 2.94 bits per heavy atom. The minimum Gasteiger partial charge on any atom is -0.331 e. The van der Waals surface area contributed by atoms with Crippen molar-refractivity contribution < 1.29 is 0 Å². The molecular weight excluding hydrogens is 226 g/mol. The summed E-state index contributed by atoms with van der Waals surface area (Å²) >= 11 is 0. The van der Waals surface area contributed by atoms with E-state index in [4.69, 9.17) is 0 Å². The van der Waals surface area contributed by atoms with E-state index in [0.29, 0.717) is 6.04 Å². The van der Waals surface area contributed by atoms with Crippen molar-refractivity contribution in [2.45, 2.75) is 39.4 Å². The zero-order chi connectivity index (χ0) is 13.0. The van der Waals surface area contributed by atoms with Crippen molar-refractivity contribution in [1.82, 2.24) is 24.6 Å². The van der Waals surface area contributed by atoms with Crippen LogP contribution < -0.4 is 5.32 Å². The first-order chi connectivity index (χ1) is 8.72. The minimum atomic E-state index is 0.460. The molecule has 5 heteroatoms.